The molecule has 202 valence electrons. The van der Waals surface area contributed by atoms with Crippen molar-refractivity contribution in [2.75, 3.05) is 29.1 Å². The summed E-state index contributed by atoms with van der Waals surface area (Å²) in [6.07, 6.45) is -0.326. The van der Waals surface area contributed by atoms with Crippen molar-refractivity contribution in [3.8, 4) is 11.1 Å². The van der Waals surface area contributed by atoms with Gasteiger partial charge in [-0.15, -0.1) is 0 Å². The first-order valence-electron chi connectivity index (χ1n) is 12.2. The van der Waals surface area contributed by atoms with Crippen LogP contribution in [-0.4, -0.2) is 42.3 Å². The van der Waals surface area contributed by atoms with Gasteiger partial charge >= 0.3 is 6.03 Å². The average molecular weight is 566 g/mol. The highest BCUT2D eigenvalue weighted by atomic mass is 35.5. The number of hydrogen-bond donors (Lipinski definition) is 3. The van der Waals surface area contributed by atoms with Crippen LogP contribution >= 0.6 is 18.7 Å². The molecular formula is C27H28ClF3N3O3P. The Labute approximate surface area is 224 Å². The van der Waals surface area contributed by atoms with Crippen molar-refractivity contribution >= 4 is 41.5 Å². The Morgan fingerprint density at radius 2 is 1.76 bits per heavy atom. The fourth-order valence-corrected chi connectivity index (χ4v) is 6.97. The summed E-state index contributed by atoms with van der Waals surface area (Å²) in [6.45, 7) is 3.76. The van der Waals surface area contributed by atoms with Gasteiger partial charge in [-0.3, -0.25) is 0 Å². The molecule has 2 atom stereocenters. The zero-order chi connectivity index (χ0) is 27.6. The fourth-order valence-electron chi connectivity index (χ4n) is 4.69. The lowest BCUT2D eigenvalue weighted by molar-refractivity contribution is 0.152. The van der Waals surface area contributed by atoms with Crippen molar-refractivity contribution in [2.24, 2.45) is 0 Å². The number of amides is 2. The first kappa shape index (κ1) is 28.0. The predicted molar refractivity (Wildman–Crippen MR) is 145 cm³/mol. The smallest absolute Gasteiger partial charge is 0.319 e. The van der Waals surface area contributed by atoms with Crippen LogP contribution in [0.15, 0.2) is 54.6 Å². The Bertz CT molecular complexity index is 1400. The first-order valence-corrected chi connectivity index (χ1v) is 14.7. The highest BCUT2D eigenvalue weighted by Crippen LogP contribution is 2.46. The molecular weight excluding hydrogens is 538 g/mol. The predicted octanol–water partition coefficient (Wildman–Crippen LogP) is 6.17. The summed E-state index contributed by atoms with van der Waals surface area (Å²) in [6, 6.07) is 11.7. The zero-order valence-corrected chi connectivity index (χ0v) is 22.5. The molecule has 0 saturated carbocycles. The van der Waals surface area contributed by atoms with Crippen LogP contribution in [0.1, 0.15) is 20.3 Å². The summed E-state index contributed by atoms with van der Waals surface area (Å²) in [5, 5.41) is 16.3. The lowest BCUT2D eigenvalue weighted by Gasteiger charge is -2.27. The minimum absolute atomic E-state index is 0.0169. The van der Waals surface area contributed by atoms with Crippen molar-refractivity contribution < 1.29 is 27.6 Å². The summed E-state index contributed by atoms with van der Waals surface area (Å²) in [5.74, 6) is -3.00. The van der Waals surface area contributed by atoms with Crippen LogP contribution in [0.3, 0.4) is 0 Å². The number of urea groups is 1. The molecule has 2 amide bonds. The third kappa shape index (κ3) is 5.41. The van der Waals surface area contributed by atoms with Crippen molar-refractivity contribution in [3.05, 3.63) is 77.1 Å². The van der Waals surface area contributed by atoms with E-state index in [1.165, 1.54) is 29.2 Å². The van der Waals surface area contributed by atoms with Crippen molar-refractivity contribution in [1.82, 2.24) is 5.32 Å². The average Bonchev–Trinajstić information content (AvgIpc) is 3.26. The van der Waals surface area contributed by atoms with E-state index >= 15 is 8.78 Å². The number of nitrogens with zero attached hydrogens (tertiary/aromatic N) is 1. The maximum Gasteiger partial charge on any atom is 0.319 e. The van der Waals surface area contributed by atoms with E-state index in [1.807, 2.05) is 13.8 Å². The second-order valence-corrected chi connectivity index (χ2v) is 13.0. The van der Waals surface area contributed by atoms with E-state index in [-0.39, 0.29) is 34.9 Å². The summed E-state index contributed by atoms with van der Waals surface area (Å²) in [4.78, 5) is 13.6. The summed E-state index contributed by atoms with van der Waals surface area (Å²) < 4.78 is 58.2. The van der Waals surface area contributed by atoms with Crippen molar-refractivity contribution in [1.29, 1.82) is 0 Å². The standard InChI is InChI=1S/C27H28ClF3N3O3P/c1-3-38(37,4-2)23-8-6-5-7-17(23)18-10-12-22(25(31)24(18)30)34-14-13-21(26(34)35)33-27(36)32-20-11-9-16(28)15-19(20)29/h5-12,15,21,26,35H,3-4,13-14H2,1-2H3,(H2,32,33,36)/t21-,26?/m1/s1. The van der Waals surface area contributed by atoms with Gasteiger partial charge < -0.3 is 25.2 Å². The molecule has 0 bridgehead atoms. The number of rotatable bonds is 7. The number of anilines is 2. The summed E-state index contributed by atoms with van der Waals surface area (Å²) in [7, 11) is -2.78. The van der Waals surface area contributed by atoms with E-state index in [9.17, 15) is 18.9 Å². The molecule has 6 nitrogen and oxygen atoms in total. The Balaban J connectivity index is 1.54. The summed E-state index contributed by atoms with van der Waals surface area (Å²) >= 11 is 5.72. The van der Waals surface area contributed by atoms with Crippen LogP contribution in [0.2, 0.25) is 5.02 Å². The highest BCUT2D eigenvalue weighted by Gasteiger charge is 2.36. The van der Waals surface area contributed by atoms with Crippen LogP contribution in [0, 0.1) is 17.5 Å². The van der Waals surface area contributed by atoms with Gasteiger partial charge in [-0.1, -0.05) is 49.7 Å². The third-order valence-electron chi connectivity index (χ3n) is 6.88. The molecule has 1 heterocycles. The van der Waals surface area contributed by atoms with E-state index in [0.717, 1.165) is 6.07 Å². The molecule has 1 aliphatic heterocycles. The van der Waals surface area contributed by atoms with E-state index in [0.29, 0.717) is 23.2 Å². The fraction of sp³-hybridized carbons (Fsp3) is 0.296. The molecule has 3 aromatic rings. The van der Waals surface area contributed by atoms with Gasteiger partial charge in [0.15, 0.2) is 11.6 Å². The minimum Gasteiger partial charge on any atom is -0.371 e. The normalized spacial score (nSPS) is 17.5. The molecule has 1 unspecified atom stereocenters. The van der Waals surface area contributed by atoms with Crippen molar-refractivity contribution in [2.45, 2.75) is 32.5 Å². The quantitative estimate of drug-likeness (QED) is 0.299. The Morgan fingerprint density at radius 1 is 1.05 bits per heavy atom. The maximum absolute atomic E-state index is 15.4. The second-order valence-electron chi connectivity index (χ2n) is 9.02. The molecule has 0 aliphatic carbocycles. The number of carbonyl (C=O) groups excluding carboxylic acids is 1. The molecule has 4 rings (SSSR count). The molecule has 0 aromatic heterocycles. The number of aliphatic hydroxyl groups excluding tert-OH is 1. The zero-order valence-electron chi connectivity index (χ0n) is 20.8. The first-order chi connectivity index (χ1) is 18.1. The van der Waals surface area contributed by atoms with Gasteiger partial charge in [-0.25, -0.2) is 18.0 Å². The van der Waals surface area contributed by atoms with E-state index in [2.05, 4.69) is 10.6 Å². The van der Waals surface area contributed by atoms with Gasteiger partial charge in [-0.05, 0) is 42.3 Å². The SMILES string of the molecule is CCP(=O)(CC)c1ccccc1-c1ccc(N2CC[C@@H](NC(=O)Nc3ccc(Cl)cc3F)C2O)c(F)c1F. The van der Waals surface area contributed by atoms with Crippen LogP contribution in [0.5, 0.6) is 0 Å². The minimum atomic E-state index is -2.78. The highest BCUT2D eigenvalue weighted by molar-refractivity contribution is 7.71. The lowest BCUT2D eigenvalue weighted by atomic mass is 10.0. The number of hydrogen-bond acceptors (Lipinski definition) is 4. The Kier molecular flexibility index (Phi) is 8.40. The molecule has 0 spiro atoms. The summed E-state index contributed by atoms with van der Waals surface area (Å²) in [5.41, 5.74) is 0.0848. The largest absolute Gasteiger partial charge is 0.371 e. The van der Waals surface area contributed by atoms with E-state index < -0.39 is 42.9 Å². The number of aliphatic hydroxyl groups is 1. The molecule has 38 heavy (non-hydrogen) atoms. The Hall–Kier alpha value is -3.00. The molecule has 3 N–H and O–H groups in total. The van der Waals surface area contributed by atoms with E-state index in [1.54, 1.807) is 24.3 Å². The molecule has 0 radical (unpaired) electrons. The van der Waals surface area contributed by atoms with Crippen LogP contribution in [-0.2, 0) is 4.57 Å². The Morgan fingerprint density at radius 3 is 2.45 bits per heavy atom. The number of benzene rings is 3. The van der Waals surface area contributed by atoms with Gasteiger partial charge in [-0.2, -0.15) is 0 Å². The number of carbonyl (C=O) groups is 1. The van der Waals surface area contributed by atoms with Crippen molar-refractivity contribution in [3.63, 3.8) is 0 Å². The monoisotopic (exact) mass is 565 g/mol. The molecule has 11 heteroatoms. The van der Waals surface area contributed by atoms with Gasteiger partial charge in [0, 0.05) is 34.8 Å². The third-order valence-corrected chi connectivity index (χ3v) is 10.4. The molecule has 1 fully saturated rings. The van der Waals surface area contributed by atoms with Gasteiger partial charge in [0.1, 0.15) is 19.2 Å². The van der Waals surface area contributed by atoms with Crippen LogP contribution < -0.4 is 20.8 Å². The van der Waals surface area contributed by atoms with Gasteiger partial charge in [0.05, 0.1) is 17.4 Å². The second kappa shape index (κ2) is 11.4. The topological polar surface area (TPSA) is 81.7 Å². The van der Waals surface area contributed by atoms with Crippen LogP contribution in [0.4, 0.5) is 29.3 Å². The maximum atomic E-state index is 15.4. The molecule has 1 aliphatic rings. The van der Waals surface area contributed by atoms with Gasteiger partial charge in [0.25, 0.3) is 0 Å². The van der Waals surface area contributed by atoms with E-state index in [4.69, 9.17) is 11.6 Å². The lowest BCUT2D eigenvalue weighted by Crippen LogP contribution is -2.46. The number of nitrogens with one attached hydrogen (secondary N) is 2. The molecule has 1 saturated heterocycles. The van der Waals surface area contributed by atoms with Gasteiger partial charge in [0.2, 0.25) is 0 Å². The number of halogens is 4. The van der Waals surface area contributed by atoms with Crippen LogP contribution in [0.25, 0.3) is 11.1 Å². The molecule has 3 aromatic carbocycles.